The molecule has 0 aliphatic carbocycles. The van der Waals surface area contributed by atoms with Crippen molar-refractivity contribution in [2.75, 3.05) is 52.8 Å². The molecular formula is C35H41Cl2N5O4. The van der Waals surface area contributed by atoms with Crippen LogP contribution in [-0.4, -0.2) is 79.8 Å². The zero-order chi connectivity index (χ0) is 32.4. The lowest BCUT2D eigenvalue weighted by Gasteiger charge is -2.36. The summed E-state index contributed by atoms with van der Waals surface area (Å²) in [6, 6.07) is 17.5. The Hall–Kier alpha value is -3.50. The summed E-state index contributed by atoms with van der Waals surface area (Å²) in [5.74, 6) is 2.15. The zero-order valence-electron chi connectivity index (χ0n) is 26.7. The fourth-order valence-corrected chi connectivity index (χ4v) is 7.33. The Bertz CT molecular complexity index is 1720. The number of benzene rings is 3. The first kappa shape index (κ1) is 32.4. The SMILES string of the molecule is COc1ccc(C(=O)C2CC(CCN3CCC(Nc4nc5ccccc5n4C)CC3)(c3ccc(Cl)c(Cl)c3)CN2)c(OC)c1OC. The third-order valence-electron chi connectivity index (χ3n) is 9.71. The number of piperidine rings is 1. The maximum Gasteiger partial charge on any atom is 0.204 e. The minimum atomic E-state index is -0.412. The predicted molar refractivity (Wildman–Crippen MR) is 183 cm³/mol. The highest BCUT2D eigenvalue weighted by Crippen LogP contribution is 2.43. The summed E-state index contributed by atoms with van der Waals surface area (Å²) in [6.45, 7) is 3.51. The second kappa shape index (κ2) is 13.7. The van der Waals surface area contributed by atoms with Gasteiger partial charge in [-0.3, -0.25) is 4.79 Å². The molecule has 0 saturated carbocycles. The number of methoxy groups -OCH3 is 3. The molecule has 2 fully saturated rings. The minimum absolute atomic E-state index is 0.0476. The van der Waals surface area contributed by atoms with Crippen molar-refractivity contribution >= 4 is 46.0 Å². The number of halogens is 2. The molecule has 2 aliphatic heterocycles. The van der Waals surface area contributed by atoms with Crippen molar-refractivity contribution in [3.05, 3.63) is 75.8 Å². The number of para-hydroxylation sites is 2. The average molecular weight is 667 g/mol. The third kappa shape index (κ3) is 6.26. The summed E-state index contributed by atoms with van der Waals surface area (Å²) >= 11 is 12.9. The van der Waals surface area contributed by atoms with Gasteiger partial charge in [-0.25, -0.2) is 4.98 Å². The van der Waals surface area contributed by atoms with Crippen LogP contribution in [0.1, 0.15) is 41.6 Å². The van der Waals surface area contributed by atoms with Gasteiger partial charge in [0.2, 0.25) is 11.7 Å². The molecule has 0 radical (unpaired) electrons. The molecule has 6 rings (SSSR count). The lowest BCUT2D eigenvalue weighted by Crippen LogP contribution is -2.42. The Morgan fingerprint density at radius 2 is 1.76 bits per heavy atom. The fourth-order valence-electron chi connectivity index (χ4n) is 7.03. The Balaban J connectivity index is 1.16. The van der Waals surface area contributed by atoms with Crippen LogP contribution in [0.3, 0.4) is 0 Å². The Morgan fingerprint density at radius 3 is 2.46 bits per heavy atom. The van der Waals surface area contributed by atoms with Crippen LogP contribution in [0.4, 0.5) is 5.95 Å². The Kier molecular flexibility index (Phi) is 9.66. The average Bonchev–Trinajstić information content (AvgIpc) is 3.66. The van der Waals surface area contributed by atoms with E-state index in [0.717, 1.165) is 61.4 Å². The molecule has 2 saturated heterocycles. The first-order valence-corrected chi connectivity index (χ1v) is 16.4. The van der Waals surface area contributed by atoms with E-state index in [1.54, 1.807) is 19.2 Å². The van der Waals surface area contributed by atoms with E-state index in [-0.39, 0.29) is 11.2 Å². The Morgan fingerprint density at radius 1 is 1.00 bits per heavy atom. The number of likely N-dealkylation sites (tertiary alicyclic amines) is 1. The predicted octanol–water partition coefficient (Wildman–Crippen LogP) is 6.36. The van der Waals surface area contributed by atoms with Crippen molar-refractivity contribution < 1.29 is 19.0 Å². The summed E-state index contributed by atoms with van der Waals surface area (Å²) < 4.78 is 18.8. The van der Waals surface area contributed by atoms with Crippen molar-refractivity contribution in [1.29, 1.82) is 0 Å². The number of aryl methyl sites for hydroxylation is 1. The molecule has 244 valence electrons. The van der Waals surface area contributed by atoms with Crippen LogP contribution in [0.2, 0.25) is 10.0 Å². The highest BCUT2D eigenvalue weighted by atomic mass is 35.5. The minimum Gasteiger partial charge on any atom is -0.493 e. The quantitative estimate of drug-likeness (QED) is 0.179. The molecule has 3 heterocycles. The third-order valence-corrected chi connectivity index (χ3v) is 10.5. The van der Waals surface area contributed by atoms with E-state index in [9.17, 15) is 4.79 Å². The number of aromatic nitrogens is 2. The summed E-state index contributed by atoms with van der Waals surface area (Å²) in [5, 5.41) is 8.26. The molecule has 0 bridgehead atoms. The van der Waals surface area contributed by atoms with Gasteiger partial charge in [0, 0.05) is 38.1 Å². The van der Waals surface area contributed by atoms with Crippen LogP contribution in [0.15, 0.2) is 54.6 Å². The summed E-state index contributed by atoms with van der Waals surface area (Å²) in [5.41, 5.74) is 3.37. The molecule has 2 atom stereocenters. The summed E-state index contributed by atoms with van der Waals surface area (Å²) in [4.78, 5) is 21.3. The van der Waals surface area contributed by atoms with E-state index in [1.807, 2.05) is 36.4 Å². The molecule has 3 aromatic carbocycles. The van der Waals surface area contributed by atoms with Gasteiger partial charge in [-0.1, -0.05) is 41.4 Å². The molecule has 4 aromatic rings. The number of nitrogens with zero attached hydrogens (tertiary/aromatic N) is 3. The molecule has 0 spiro atoms. The molecule has 46 heavy (non-hydrogen) atoms. The summed E-state index contributed by atoms with van der Waals surface area (Å²) in [7, 11) is 6.69. The molecule has 2 unspecified atom stereocenters. The van der Waals surface area contributed by atoms with E-state index in [4.69, 9.17) is 42.4 Å². The van der Waals surface area contributed by atoms with Crippen molar-refractivity contribution in [2.45, 2.75) is 43.2 Å². The largest absolute Gasteiger partial charge is 0.493 e. The van der Waals surface area contributed by atoms with Gasteiger partial charge in [0.25, 0.3) is 0 Å². The standard InChI is InChI=1S/C35H41Cl2N5O4/c1-41-29-8-6-5-7-27(29)40-34(41)39-23-13-16-42(17-14-23)18-15-35(22-9-11-25(36)26(37)19-22)20-28(38-21-35)31(43)24-10-12-30(44-2)33(46-4)32(24)45-3/h5-12,19,23,28,38H,13-18,20-21H2,1-4H3,(H,39,40). The highest BCUT2D eigenvalue weighted by Gasteiger charge is 2.44. The second-order valence-electron chi connectivity index (χ2n) is 12.3. The van der Waals surface area contributed by atoms with Gasteiger partial charge in [0.15, 0.2) is 17.3 Å². The molecular weight excluding hydrogens is 625 g/mol. The van der Waals surface area contributed by atoms with Gasteiger partial charge in [0.05, 0.1) is 54.0 Å². The van der Waals surface area contributed by atoms with Gasteiger partial charge < -0.3 is 34.3 Å². The number of fused-ring (bicyclic) bond motifs is 1. The number of nitrogens with one attached hydrogen (secondary N) is 2. The van der Waals surface area contributed by atoms with Crippen LogP contribution in [0.5, 0.6) is 17.2 Å². The Labute approximate surface area is 280 Å². The number of hydrogen-bond donors (Lipinski definition) is 2. The van der Waals surface area contributed by atoms with E-state index in [1.165, 1.54) is 14.2 Å². The van der Waals surface area contributed by atoms with Gasteiger partial charge in [0.1, 0.15) is 0 Å². The van der Waals surface area contributed by atoms with E-state index >= 15 is 0 Å². The van der Waals surface area contributed by atoms with Crippen LogP contribution >= 0.6 is 23.2 Å². The first-order valence-electron chi connectivity index (χ1n) is 15.7. The number of Topliss-reactive ketones (excluding diaryl/α,β-unsaturated/α-hetero) is 1. The number of rotatable bonds is 11. The lowest BCUT2D eigenvalue weighted by atomic mass is 9.75. The number of ether oxygens (including phenoxy) is 3. The van der Waals surface area contributed by atoms with Crippen molar-refractivity contribution in [1.82, 2.24) is 19.8 Å². The lowest BCUT2D eigenvalue weighted by molar-refractivity contribution is 0.0944. The van der Waals surface area contributed by atoms with Gasteiger partial charge in [-0.15, -0.1) is 0 Å². The van der Waals surface area contributed by atoms with Crippen molar-refractivity contribution in [3.8, 4) is 17.2 Å². The zero-order valence-corrected chi connectivity index (χ0v) is 28.3. The van der Waals surface area contributed by atoms with Crippen LogP contribution in [0, 0.1) is 0 Å². The number of anilines is 1. The normalized spacial score (nSPS) is 20.6. The van der Waals surface area contributed by atoms with Gasteiger partial charge in [-0.05, 0) is 74.2 Å². The van der Waals surface area contributed by atoms with Gasteiger partial charge in [-0.2, -0.15) is 0 Å². The molecule has 0 amide bonds. The van der Waals surface area contributed by atoms with Crippen molar-refractivity contribution in [2.24, 2.45) is 7.05 Å². The fraction of sp³-hybridized carbons (Fsp3) is 0.429. The monoisotopic (exact) mass is 665 g/mol. The molecule has 11 heteroatoms. The number of imidazole rings is 1. The molecule has 1 aromatic heterocycles. The smallest absolute Gasteiger partial charge is 0.204 e. The number of carbonyl (C=O) groups excluding carboxylic acids is 1. The van der Waals surface area contributed by atoms with Crippen LogP contribution < -0.4 is 24.8 Å². The first-order chi connectivity index (χ1) is 22.3. The maximum atomic E-state index is 14.0. The number of carbonyl (C=O) groups is 1. The van der Waals surface area contributed by atoms with E-state index in [2.05, 4.69) is 33.2 Å². The second-order valence-corrected chi connectivity index (χ2v) is 13.1. The van der Waals surface area contributed by atoms with E-state index < -0.39 is 6.04 Å². The van der Waals surface area contributed by atoms with Crippen LogP contribution in [0.25, 0.3) is 11.0 Å². The van der Waals surface area contributed by atoms with E-state index in [0.29, 0.717) is 51.9 Å². The molecule has 2 N–H and O–H groups in total. The highest BCUT2D eigenvalue weighted by molar-refractivity contribution is 6.42. The molecule has 2 aliphatic rings. The molecule has 9 nitrogen and oxygen atoms in total. The maximum absolute atomic E-state index is 14.0. The topological polar surface area (TPSA) is 89.9 Å². The van der Waals surface area contributed by atoms with Crippen LogP contribution in [-0.2, 0) is 12.5 Å². The summed E-state index contributed by atoms with van der Waals surface area (Å²) in [6.07, 6.45) is 3.54. The van der Waals surface area contributed by atoms with Crippen molar-refractivity contribution in [3.63, 3.8) is 0 Å². The number of hydrogen-bond acceptors (Lipinski definition) is 8. The number of ketones is 1. The van der Waals surface area contributed by atoms with Gasteiger partial charge >= 0.3 is 0 Å².